The first-order chi connectivity index (χ1) is 10.4. The third-order valence-electron chi connectivity index (χ3n) is 4.10. The van der Waals surface area contributed by atoms with Gasteiger partial charge in [0, 0.05) is 29.2 Å². The van der Waals surface area contributed by atoms with E-state index in [4.69, 9.17) is 4.74 Å². The highest BCUT2D eigenvalue weighted by Crippen LogP contribution is 2.32. The van der Waals surface area contributed by atoms with Crippen molar-refractivity contribution < 1.29 is 4.74 Å². The van der Waals surface area contributed by atoms with Crippen molar-refractivity contribution in [3.8, 4) is 5.75 Å². The number of ether oxygens (including phenoxy) is 1. The van der Waals surface area contributed by atoms with Gasteiger partial charge in [0.25, 0.3) is 0 Å². The number of nitrogens with one attached hydrogen (secondary N) is 2. The van der Waals surface area contributed by atoms with Crippen molar-refractivity contribution >= 4 is 10.9 Å². The van der Waals surface area contributed by atoms with Crippen LogP contribution in [0, 0.1) is 0 Å². The van der Waals surface area contributed by atoms with Gasteiger partial charge in [-0.1, -0.05) is 30.3 Å². The van der Waals surface area contributed by atoms with E-state index < -0.39 is 0 Å². The van der Waals surface area contributed by atoms with Crippen LogP contribution in [-0.4, -0.2) is 11.5 Å². The Hall–Kier alpha value is -2.26. The molecule has 1 aliphatic heterocycles. The molecule has 0 saturated heterocycles. The number of rotatable bonds is 3. The molecule has 3 aromatic rings. The van der Waals surface area contributed by atoms with E-state index in [1.807, 2.05) is 18.2 Å². The summed E-state index contributed by atoms with van der Waals surface area (Å²) in [6, 6.07) is 14.5. The second kappa shape index (κ2) is 5.26. The summed E-state index contributed by atoms with van der Waals surface area (Å²) in [7, 11) is 0. The summed E-state index contributed by atoms with van der Waals surface area (Å²) in [5.41, 5.74) is 5.06. The minimum absolute atomic E-state index is 0.610. The minimum atomic E-state index is 0.610. The lowest BCUT2D eigenvalue weighted by atomic mass is 10.0. The molecule has 0 amide bonds. The van der Waals surface area contributed by atoms with Crippen molar-refractivity contribution in [2.24, 2.45) is 0 Å². The van der Waals surface area contributed by atoms with Gasteiger partial charge >= 0.3 is 0 Å². The van der Waals surface area contributed by atoms with Crippen LogP contribution in [0.4, 0.5) is 0 Å². The topological polar surface area (TPSA) is 37.0 Å². The lowest BCUT2D eigenvalue weighted by molar-refractivity contribution is 0.303. The molecule has 4 rings (SSSR count). The molecule has 106 valence electrons. The summed E-state index contributed by atoms with van der Waals surface area (Å²) >= 11 is 0. The Morgan fingerprint density at radius 1 is 1.05 bits per heavy atom. The van der Waals surface area contributed by atoms with Gasteiger partial charge in [-0.15, -0.1) is 0 Å². The lowest BCUT2D eigenvalue weighted by Crippen LogP contribution is -2.14. The molecule has 0 fully saturated rings. The summed E-state index contributed by atoms with van der Waals surface area (Å²) < 4.78 is 6.08. The molecule has 2 heterocycles. The molecule has 1 aliphatic rings. The van der Waals surface area contributed by atoms with E-state index in [0.717, 1.165) is 25.3 Å². The Balaban J connectivity index is 1.69. The maximum absolute atomic E-state index is 6.08. The number of benzene rings is 2. The minimum Gasteiger partial charge on any atom is -0.489 e. The molecular formula is C18H18N2O. The van der Waals surface area contributed by atoms with E-state index in [1.54, 1.807) is 0 Å². The normalized spacial score (nSPS) is 14.1. The standard InChI is InChI=1S/C18H18N2O/c1-2-4-13(5-3-1)12-21-17-7-6-16-18-14(10-20-16)8-9-19-11-15(17)18/h1-7,10,19-20H,8-9,11-12H2. The van der Waals surface area contributed by atoms with Crippen LogP contribution in [0.3, 0.4) is 0 Å². The molecule has 2 N–H and O–H groups in total. The zero-order valence-electron chi connectivity index (χ0n) is 11.9. The van der Waals surface area contributed by atoms with Crippen LogP contribution in [0.5, 0.6) is 5.75 Å². The van der Waals surface area contributed by atoms with Gasteiger partial charge in [0.05, 0.1) is 0 Å². The van der Waals surface area contributed by atoms with Crippen molar-refractivity contribution in [3.05, 3.63) is 65.4 Å². The Morgan fingerprint density at radius 2 is 1.95 bits per heavy atom. The Bertz CT molecular complexity index is 761. The Morgan fingerprint density at radius 3 is 2.86 bits per heavy atom. The second-order valence-corrected chi connectivity index (χ2v) is 5.48. The molecule has 0 spiro atoms. The van der Waals surface area contributed by atoms with Crippen molar-refractivity contribution in [1.82, 2.24) is 10.3 Å². The first-order valence-electron chi connectivity index (χ1n) is 7.41. The molecule has 0 saturated carbocycles. The maximum Gasteiger partial charge on any atom is 0.125 e. The molecule has 2 aromatic carbocycles. The number of hydrogen-bond donors (Lipinski definition) is 2. The quantitative estimate of drug-likeness (QED) is 0.770. The van der Waals surface area contributed by atoms with Gasteiger partial charge in [0.2, 0.25) is 0 Å². The lowest BCUT2D eigenvalue weighted by Gasteiger charge is -2.12. The van der Waals surface area contributed by atoms with Gasteiger partial charge in [-0.2, -0.15) is 0 Å². The molecule has 3 heteroatoms. The van der Waals surface area contributed by atoms with Crippen molar-refractivity contribution in [1.29, 1.82) is 0 Å². The van der Waals surface area contributed by atoms with Crippen LogP contribution in [0.1, 0.15) is 16.7 Å². The third-order valence-corrected chi connectivity index (χ3v) is 4.10. The van der Waals surface area contributed by atoms with Gasteiger partial charge in [-0.05, 0) is 36.2 Å². The Kier molecular flexibility index (Phi) is 3.13. The molecule has 0 radical (unpaired) electrons. The van der Waals surface area contributed by atoms with Gasteiger partial charge in [0.1, 0.15) is 12.4 Å². The van der Waals surface area contributed by atoms with E-state index in [0.29, 0.717) is 6.61 Å². The molecule has 3 nitrogen and oxygen atoms in total. The van der Waals surface area contributed by atoms with Gasteiger partial charge < -0.3 is 15.0 Å². The first kappa shape index (κ1) is 12.5. The van der Waals surface area contributed by atoms with Crippen LogP contribution < -0.4 is 10.1 Å². The van der Waals surface area contributed by atoms with Gasteiger partial charge in [-0.3, -0.25) is 0 Å². The first-order valence-corrected chi connectivity index (χ1v) is 7.41. The second-order valence-electron chi connectivity index (χ2n) is 5.48. The zero-order chi connectivity index (χ0) is 14.1. The maximum atomic E-state index is 6.08. The fourth-order valence-corrected chi connectivity index (χ4v) is 3.03. The summed E-state index contributed by atoms with van der Waals surface area (Å²) in [5.74, 6) is 0.988. The number of H-pyrrole nitrogens is 1. The molecule has 0 unspecified atom stereocenters. The molecular weight excluding hydrogens is 260 g/mol. The molecule has 0 aliphatic carbocycles. The summed E-state index contributed by atoms with van der Waals surface area (Å²) in [6.45, 7) is 2.49. The van der Waals surface area contributed by atoms with E-state index >= 15 is 0 Å². The highest BCUT2D eigenvalue weighted by molar-refractivity contribution is 5.89. The van der Waals surface area contributed by atoms with Crippen LogP contribution in [0.25, 0.3) is 10.9 Å². The fourth-order valence-electron chi connectivity index (χ4n) is 3.03. The number of hydrogen-bond acceptors (Lipinski definition) is 2. The van der Waals surface area contributed by atoms with Crippen LogP contribution in [0.15, 0.2) is 48.7 Å². The van der Waals surface area contributed by atoms with Crippen molar-refractivity contribution in [2.75, 3.05) is 6.54 Å². The summed E-state index contributed by atoms with van der Waals surface area (Å²) in [4.78, 5) is 3.37. The van der Waals surface area contributed by atoms with Crippen molar-refractivity contribution in [2.45, 2.75) is 19.6 Å². The predicted octanol–water partition coefficient (Wildman–Crippen LogP) is 3.39. The average molecular weight is 278 g/mol. The zero-order valence-corrected chi connectivity index (χ0v) is 11.9. The number of aromatic amines is 1. The highest BCUT2D eigenvalue weighted by atomic mass is 16.5. The SMILES string of the molecule is c1ccc(COc2ccc3[nH]cc4c3c2CNCC4)cc1. The third kappa shape index (κ3) is 2.30. The summed E-state index contributed by atoms with van der Waals surface area (Å²) in [6.07, 6.45) is 3.19. The molecule has 1 aromatic heterocycles. The smallest absolute Gasteiger partial charge is 0.125 e. The van der Waals surface area contributed by atoms with Crippen molar-refractivity contribution in [3.63, 3.8) is 0 Å². The summed E-state index contributed by atoms with van der Waals surface area (Å²) in [5, 5.41) is 4.82. The van der Waals surface area contributed by atoms with Gasteiger partial charge in [-0.25, -0.2) is 0 Å². The van der Waals surface area contributed by atoms with Crippen LogP contribution in [-0.2, 0) is 19.6 Å². The van der Waals surface area contributed by atoms with E-state index in [-0.39, 0.29) is 0 Å². The monoisotopic (exact) mass is 278 g/mol. The number of aromatic nitrogens is 1. The average Bonchev–Trinajstić information content (AvgIpc) is 2.82. The van der Waals surface area contributed by atoms with Crippen LogP contribution in [0.2, 0.25) is 0 Å². The molecule has 0 atom stereocenters. The molecule has 0 bridgehead atoms. The van der Waals surface area contributed by atoms with Gasteiger partial charge in [0.15, 0.2) is 0 Å². The van der Waals surface area contributed by atoms with E-state index in [2.05, 4.69) is 40.8 Å². The van der Waals surface area contributed by atoms with Crippen LogP contribution >= 0.6 is 0 Å². The van der Waals surface area contributed by atoms with E-state index in [9.17, 15) is 0 Å². The Labute approximate surface area is 123 Å². The highest BCUT2D eigenvalue weighted by Gasteiger charge is 2.16. The molecule has 21 heavy (non-hydrogen) atoms. The predicted molar refractivity (Wildman–Crippen MR) is 84.5 cm³/mol. The largest absolute Gasteiger partial charge is 0.489 e. The van der Waals surface area contributed by atoms with E-state index in [1.165, 1.54) is 27.6 Å². The fraction of sp³-hybridized carbons (Fsp3) is 0.222.